The number of amides is 1. The minimum atomic E-state index is -0.991. The highest BCUT2D eigenvalue weighted by atomic mass is 35.5. The van der Waals surface area contributed by atoms with Crippen LogP contribution in [0.3, 0.4) is 0 Å². The van der Waals surface area contributed by atoms with Crippen LogP contribution in [0.25, 0.3) is 0 Å². The Morgan fingerprint density at radius 2 is 1.52 bits per heavy atom. The van der Waals surface area contributed by atoms with Crippen molar-refractivity contribution in [3.05, 3.63) is 0 Å². The summed E-state index contributed by atoms with van der Waals surface area (Å²) in [6, 6.07) is 0. The first-order valence-corrected chi connectivity index (χ1v) is 10.0. The molecule has 0 atom stereocenters. The van der Waals surface area contributed by atoms with Gasteiger partial charge in [-0.15, -0.1) is 0 Å². The first kappa shape index (κ1) is 17.8. The molecule has 0 aromatic carbocycles. The molecule has 1 aliphatic heterocycles. The molecule has 23 heavy (non-hydrogen) atoms. The quantitative estimate of drug-likeness (QED) is 0.622. The molecule has 1 amide bonds. The van der Waals surface area contributed by atoms with Gasteiger partial charge in [0.25, 0.3) is 5.91 Å². The van der Waals surface area contributed by atoms with Gasteiger partial charge in [-0.2, -0.15) is 0 Å². The largest absolute Gasteiger partial charge is 0.349 e. The minimum absolute atomic E-state index is 0.0298. The van der Waals surface area contributed by atoms with Crippen molar-refractivity contribution in [2.24, 2.45) is 11.8 Å². The first-order valence-electron chi connectivity index (χ1n) is 9.16. The van der Waals surface area contributed by atoms with Crippen LogP contribution in [-0.4, -0.2) is 33.5 Å². The number of hydrogen-bond acceptors (Lipinski definition) is 2. The SMILES string of the molecule is CC1CCC2(CC1)CCN(C(=O)C(Cl)Cl)C1(CCC(C)CC1)O2. The van der Waals surface area contributed by atoms with E-state index < -0.39 is 10.6 Å². The zero-order chi connectivity index (χ0) is 16.7. The number of nitrogens with zero attached hydrogens (tertiary/aromatic N) is 1. The summed E-state index contributed by atoms with van der Waals surface area (Å²) in [5.41, 5.74) is -0.498. The molecule has 3 nitrogen and oxygen atoms in total. The summed E-state index contributed by atoms with van der Waals surface area (Å²) < 4.78 is 6.81. The highest BCUT2D eigenvalue weighted by molar-refractivity contribution is 6.53. The van der Waals surface area contributed by atoms with E-state index in [9.17, 15) is 4.79 Å². The summed E-state index contributed by atoms with van der Waals surface area (Å²) in [6.07, 6.45) is 9.66. The summed E-state index contributed by atoms with van der Waals surface area (Å²) in [5.74, 6) is 1.32. The van der Waals surface area contributed by atoms with Crippen molar-refractivity contribution in [3.8, 4) is 0 Å². The summed E-state index contributed by atoms with van der Waals surface area (Å²) in [4.78, 5) is 13.4. The number of hydrogen-bond donors (Lipinski definition) is 0. The molecule has 3 aliphatic rings. The standard InChI is InChI=1S/C18H29Cl2NO2/c1-13-3-7-17(8-4-13)11-12-21(16(22)15(19)20)18(23-17)9-5-14(2)6-10-18/h13-15H,3-12H2,1-2H3. The summed E-state index contributed by atoms with van der Waals surface area (Å²) in [7, 11) is 0. The minimum Gasteiger partial charge on any atom is -0.349 e. The topological polar surface area (TPSA) is 29.5 Å². The van der Waals surface area contributed by atoms with Crippen LogP contribution in [0, 0.1) is 11.8 Å². The predicted molar refractivity (Wildman–Crippen MR) is 93.6 cm³/mol. The second-order valence-corrected chi connectivity index (χ2v) is 9.23. The van der Waals surface area contributed by atoms with E-state index in [-0.39, 0.29) is 11.5 Å². The summed E-state index contributed by atoms with van der Waals surface area (Å²) >= 11 is 11.8. The Labute approximate surface area is 150 Å². The second kappa shape index (κ2) is 6.72. The van der Waals surface area contributed by atoms with Gasteiger partial charge in [-0.3, -0.25) is 4.79 Å². The van der Waals surface area contributed by atoms with Crippen LogP contribution in [-0.2, 0) is 9.53 Å². The zero-order valence-electron chi connectivity index (χ0n) is 14.3. The molecule has 1 heterocycles. The number of carbonyl (C=O) groups is 1. The lowest BCUT2D eigenvalue weighted by Crippen LogP contribution is -2.65. The lowest BCUT2D eigenvalue weighted by Gasteiger charge is -2.57. The Morgan fingerprint density at radius 3 is 2.04 bits per heavy atom. The smallest absolute Gasteiger partial charge is 0.258 e. The Morgan fingerprint density at radius 1 is 1.00 bits per heavy atom. The van der Waals surface area contributed by atoms with Crippen LogP contribution in [0.15, 0.2) is 0 Å². The van der Waals surface area contributed by atoms with Crippen molar-refractivity contribution in [3.63, 3.8) is 0 Å². The Balaban J connectivity index is 1.83. The maximum Gasteiger partial charge on any atom is 0.258 e. The van der Waals surface area contributed by atoms with Gasteiger partial charge in [0, 0.05) is 6.54 Å². The van der Waals surface area contributed by atoms with Gasteiger partial charge in [0.2, 0.25) is 0 Å². The fraction of sp³-hybridized carbons (Fsp3) is 0.944. The highest BCUT2D eigenvalue weighted by Crippen LogP contribution is 2.49. The third-order valence-electron chi connectivity index (χ3n) is 6.38. The molecule has 0 aromatic heterocycles. The number of carbonyl (C=O) groups excluding carboxylic acids is 1. The number of alkyl halides is 2. The third-order valence-corrected chi connectivity index (χ3v) is 6.76. The lowest BCUT2D eigenvalue weighted by atomic mass is 9.74. The lowest BCUT2D eigenvalue weighted by molar-refractivity contribution is -0.279. The van der Waals surface area contributed by atoms with Gasteiger partial charge < -0.3 is 9.64 Å². The fourth-order valence-corrected chi connectivity index (χ4v) is 4.92. The van der Waals surface area contributed by atoms with Crippen molar-refractivity contribution in [2.45, 2.75) is 87.8 Å². The van der Waals surface area contributed by atoms with Gasteiger partial charge in [-0.05, 0) is 69.6 Å². The van der Waals surface area contributed by atoms with Gasteiger partial charge in [-0.25, -0.2) is 0 Å². The molecule has 132 valence electrons. The zero-order valence-corrected chi connectivity index (χ0v) is 15.8. The molecular weight excluding hydrogens is 333 g/mol. The molecule has 0 aromatic rings. The van der Waals surface area contributed by atoms with E-state index in [0.717, 1.165) is 57.4 Å². The molecular formula is C18H29Cl2NO2. The molecule has 0 N–H and O–H groups in total. The number of rotatable bonds is 1. The first-order chi connectivity index (χ1) is 10.9. The molecule has 3 rings (SSSR count). The van der Waals surface area contributed by atoms with Crippen LogP contribution >= 0.6 is 23.2 Å². The third kappa shape index (κ3) is 3.52. The Bertz CT molecular complexity index is 438. The van der Waals surface area contributed by atoms with E-state index in [2.05, 4.69) is 13.8 Å². The molecule has 5 heteroatoms. The van der Waals surface area contributed by atoms with Crippen molar-refractivity contribution in [1.29, 1.82) is 0 Å². The molecule has 1 saturated heterocycles. The van der Waals surface area contributed by atoms with Crippen LogP contribution in [0.2, 0.25) is 0 Å². The predicted octanol–water partition coefficient (Wildman–Crippen LogP) is 4.89. The molecule has 2 aliphatic carbocycles. The van der Waals surface area contributed by atoms with Crippen molar-refractivity contribution in [2.75, 3.05) is 6.54 Å². The Kier molecular flexibility index (Phi) is 5.21. The van der Waals surface area contributed by atoms with Gasteiger partial charge in [0.05, 0.1) is 5.60 Å². The van der Waals surface area contributed by atoms with E-state index in [1.54, 1.807) is 0 Å². The molecule has 0 unspecified atom stereocenters. The van der Waals surface area contributed by atoms with E-state index in [4.69, 9.17) is 27.9 Å². The van der Waals surface area contributed by atoms with Crippen molar-refractivity contribution in [1.82, 2.24) is 4.90 Å². The molecule has 0 bridgehead atoms. The molecule has 3 fully saturated rings. The van der Waals surface area contributed by atoms with Gasteiger partial charge in [-0.1, -0.05) is 37.0 Å². The number of ether oxygens (including phenoxy) is 1. The van der Waals surface area contributed by atoms with E-state index >= 15 is 0 Å². The summed E-state index contributed by atoms with van der Waals surface area (Å²) in [6.45, 7) is 5.35. The van der Waals surface area contributed by atoms with Crippen LogP contribution in [0.1, 0.15) is 71.6 Å². The fourth-order valence-electron chi connectivity index (χ4n) is 4.68. The van der Waals surface area contributed by atoms with Crippen LogP contribution in [0.4, 0.5) is 0 Å². The van der Waals surface area contributed by atoms with E-state index in [1.165, 1.54) is 12.8 Å². The molecule has 0 radical (unpaired) electrons. The Hall–Kier alpha value is 0.01000. The average molecular weight is 362 g/mol. The maximum absolute atomic E-state index is 12.6. The van der Waals surface area contributed by atoms with Gasteiger partial charge in [0.15, 0.2) is 4.84 Å². The molecule has 2 spiro atoms. The monoisotopic (exact) mass is 361 g/mol. The highest BCUT2D eigenvalue weighted by Gasteiger charge is 2.53. The van der Waals surface area contributed by atoms with E-state index in [0.29, 0.717) is 5.92 Å². The van der Waals surface area contributed by atoms with Crippen LogP contribution in [0.5, 0.6) is 0 Å². The average Bonchev–Trinajstić information content (AvgIpc) is 2.53. The molecule has 2 saturated carbocycles. The van der Waals surface area contributed by atoms with Crippen LogP contribution < -0.4 is 0 Å². The van der Waals surface area contributed by atoms with Gasteiger partial charge >= 0.3 is 0 Å². The summed E-state index contributed by atoms with van der Waals surface area (Å²) in [5, 5.41) is 0. The van der Waals surface area contributed by atoms with Crippen molar-refractivity contribution >= 4 is 29.1 Å². The maximum atomic E-state index is 12.6. The van der Waals surface area contributed by atoms with Gasteiger partial charge in [0.1, 0.15) is 5.72 Å². The van der Waals surface area contributed by atoms with Crippen molar-refractivity contribution < 1.29 is 9.53 Å². The number of halogens is 2. The second-order valence-electron chi connectivity index (χ2n) is 8.14. The van der Waals surface area contributed by atoms with E-state index in [1.807, 2.05) is 4.90 Å². The normalized spacial score (nSPS) is 41.7.